The summed E-state index contributed by atoms with van der Waals surface area (Å²) in [6.07, 6.45) is 2.40. The average molecular weight is 354 g/mol. The summed E-state index contributed by atoms with van der Waals surface area (Å²) >= 11 is 0. The molecule has 0 radical (unpaired) electrons. The van der Waals surface area contributed by atoms with Gasteiger partial charge in [-0.2, -0.15) is 0 Å². The van der Waals surface area contributed by atoms with Crippen LogP contribution in [0, 0.1) is 0 Å². The molecule has 0 amide bonds. The second kappa shape index (κ2) is 8.62. The van der Waals surface area contributed by atoms with E-state index >= 15 is 0 Å². The molecule has 2 aromatic carbocycles. The largest absolute Gasteiger partial charge is 0.481 e. The van der Waals surface area contributed by atoms with Gasteiger partial charge in [-0.05, 0) is 27.8 Å². The SMILES string of the molecule is O=C(O)Cc1cc(/C=C/c2ccccc2)cc(CC(=O)O)c1CC(=O)O. The fourth-order valence-electron chi connectivity index (χ4n) is 2.70. The molecule has 2 rings (SSSR count). The Labute approximate surface area is 150 Å². The first-order chi connectivity index (χ1) is 12.3. The molecule has 6 heteroatoms. The Kier molecular flexibility index (Phi) is 6.27. The molecule has 0 unspecified atom stereocenters. The molecule has 0 aliphatic rings. The molecule has 0 aliphatic heterocycles. The molecule has 0 aliphatic carbocycles. The minimum absolute atomic E-state index is 0.249. The van der Waals surface area contributed by atoms with E-state index in [0.29, 0.717) is 16.7 Å². The van der Waals surface area contributed by atoms with Crippen molar-refractivity contribution in [3.63, 3.8) is 0 Å². The minimum atomic E-state index is -1.14. The van der Waals surface area contributed by atoms with Gasteiger partial charge >= 0.3 is 17.9 Å². The van der Waals surface area contributed by atoms with Crippen molar-refractivity contribution in [2.45, 2.75) is 19.3 Å². The molecule has 0 heterocycles. The highest BCUT2D eigenvalue weighted by Gasteiger charge is 2.17. The van der Waals surface area contributed by atoms with E-state index in [1.54, 1.807) is 18.2 Å². The third kappa shape index (κ3) is 5.59. The summed E-state index contributed by atoms with van der Waals surface area (Å²) in [6, 6.07) is 12.6. The van der Waals surface area contributed by atoms with Crippen LogP contribution < -0.4 is 0 Å². The summed E-state index contributed by atoms with van der Waals surface area (Å²) in [6.45, 7) is 0. The van der Waals surface area contributed by atoms with E-state index in [1.807, 2.05) is 36.4 Å². The highest BCUT2D eigenvalue weighted by Crippen LogP contribution is 2.22. The van der Waals surface area contributed by atoms with Gasteiger partial charge in [-0.3, -0.25) is 14.4 Å². The van der Waals surface area contributed by atoms with Crippen molar-refractivity contribution in [3.05, 3.63) is 70.3 Å². The van der Waals surface area contributed by atoms with Crippen LogP contribution in [0.1, 0.15) is 27.8 Å². The molecular weight excluding hydrogens is 336 g/mol. The lowest BCUT2D eigenvalue weighted by molar-refractivity contribution is -0.137. The number of benzene rings is 2. The van der Waals surface area contributed by atoms with Gasteiger partial charge < -0.3 is 15.3 Å². The molecule has 0 bridgehead atoms. The van der Waals surface area contributed by atoms with Crippen molar-refractivity contribution in [3.8, 4) is 0 Å². The van der Waals surface area contributed by atoms with E-state index in [0.717, 1.165) is 5.56 Å². The van der Waals surface area contributed by atoms with Crippen LogP contribution in [0.4, 0.5) is 0 Å². The first-order valence-corrected chi connectivity index (χ1v) is 7.88. The highest BCUT2D eigenvalue weighted by atomic mass is 16.4. The van der Waals surface area contributed by atoms with Gasteiger partial charge in [0.25, 0.3) is 0 Å². The topological polar surface area (TPSA) is 112 Å². The summed E-state index contributed by atoms with van der Waals surface area (Å²) < 4.78 is 0. The fourth-order valence-corrected chi connectivity index (χ4v) is 2.70. The number of carboxylic acid groups (broad SMARTS) is 3. The highest BCUT2D eigenvalue weighted by molar-refractivity contribution is 5.79. The van der Waals surface area contributed by atoms with Crippen LogP contribution in [-0.4, -0.2) is 33.2 Å². The fraction of sp³-hybridized carbons (Fsp3) is 0.150. The molecule has 0 saturated carbocycles. The van der Waals surface area contributed by atoms with Gasteiger partial charge in [0.2, 0.25) is 0 Å². The molecule has 0 fully saturated rings. The molecular formula is C20H18O6. The molecule has 0 saturated heterocycles. The van der Waals surface area contributed by atoms with Gasteiger partial charge in [0.05, 0.1) is 19.3 Å². The Balaban J connectivity index is 2.51. The summed E-state index contributed by atoms with van der Waals surface area (Å²) in [4.78, 5) is 33.4. The van der Waals surface area contributed by atoms with E-state index in [-0.39, 0.29) is 18.4 Å². The maximum atomic E-state index is 11.1. The van der Waals surface area contributed by atoms with Crippen molar-refractivity contribution in [1.29, 1.82) is 0 Å². The zero-order valence-corrected chi connectivity index (χ0v) is 13.9. The van der Waals surface area contributed by atoms with Crippen LogP contribution in [0.5, 0.6) is 0 Å². The number of hydrogen-bond donors (Lipinski definition) is 3. The summed E-state index contributed by atoms with van der Waals surface area (Å²) in [5.74, 6) is -3.36. The molecule has 26 heavy (non-hydrogen) atoms. The Morgan fingerprint density at radius 1 is 0.692 bits per heavy atom. The Morgan fingerprint density at radius 2 is 1.15 bits per heavy atom. The van der Waals surface area contributed by atoms with Crippen molar-refractivity contribution in [1.82, 2.24) is 0 Å². The molecule has 0 spiro atoms. The number of carboxylic acids is 3. The van der Waals surface area contributed by atoms with Crippen LogP contribution in [0.2, 0.25) is 0 Å². The Bertz CT molecular complexity index is 815. The van der Waals surface area contributed by atoms with Gasteiger partial charge in [0, 0.05) is 0 Å². The Morgan fingerprint density at radius 3 is 1.62 bits per heavy atom. The predicted molar refractivity (Wildman–Crippen MR) is 95.8 cm³/mol. The standard InChI is InChI=1S/C20H18O6/c21-18(22)10-15-8-14(7-6-13-4-2-1-3-5-13)9-16(11-19(23)24)17(15)12-20(25)26/h1-9H,10-12H2,(H,21,22)(H,23,24)(H,25,26)/b7-6+. The van der Waals surface area contributed by atoms with Crippen molar-refractivity contribution >= 4 is 30.1 Å². The first kappa shape index (κ1) is 18.9. The van der Waals surface area contributed by atoms with Crippen molar-refractivity contribution in [2.75, 3.05) is 0 Å². The van der Waals surface area contributed by atoms with Crippen LogP contribution in [0.15, 0.2) is 42.5 Å². The van der Waals surface area contributed by atoms with Gasteiger partial charge in [-0.25, -0.2) is 0 Å². The normalized spacial score (nSPS) is 10.8. The van der Waals surface area contributed by atoms with E-state index in [1.165, 1.54) is 0 Å². The van der Waals surface area contributed by atoms with Crippen LogP contribution in [-0.2, 0) is 33.6 Å². The summed E-state index contributed by atoms with van der Waals surface area (Å²) in [5.41, 5.74) is 2.43. The lowest BCUT2D eigenvalue weighted by Crippen LogP contribution is -2.13. The van der Waals surface area contributed by atoms with Crippen molar-refractivity contribution < 1.29 is 29.7 Å². The number of aliphatic carboxylic acids is 3. The second-order valence-electron chi connectivity index (χ2n) is 5.77. The number of hydrogen-bond acceptors (Lipinski definition) is 3. The molecule has 6 nitrogen and oxygen atoms in total. The van der Waals surface area contributed by atoms with Crippen LogP contribution in [0.3, 0.4) is 0 Å². The maximum Gasteiger partial charge on any atom is 0.307 e. The van der Waals surface area contributed by atoms with Gasteiger partial charge in [0.15, 0.2) is 0 Å². The molecule has 3 N–H and O–H groups in total. The smallest absolute Gasteiger partial charge is 0.307 e. The lowest BCUT2D eigenvalue weighted by atomic mass is 9.91. The molecule has 134 valence electrons. The number of carbonyl (C=O) groups is 3. The Hall–Kier alpha value is -3.41. The average Bonchev–Trinajstić information content (AvgIpc) is 2.55. The monoisotopic (exact) mass is 354 g/mol. The second-order valence-corrected chi connectivity index (χ2v) is 5.77. The van der Waals surface area contributed by atoms with Gasteiger partial charge in [-0.15, -0.1) is 0 Å². The van der Waals surface area contributed by atoms with E-state index < -0.39 is 24.3 Å². The van der Waals surface area contributed by atoms with Gasteiger partial charge in [-0.1, -0.05) is 54.6 Å². The van der Waals surface area contributed by atoms with E-state index in [4.69, 9.17) is 15.3 Å². The third-order valence-corrected chi connectivity index (χ3v) is 3.74. The molecule has 2 aromatic rings. The maximum absolute atomic E-state index is 11.1. The summed E-state index contributed by atoms with van der Waals surface area (Å²) in [5, 5.41) is 27.3. The van der Waals surface area contributed by atoms with E-state index in [9.17, 15) is 14.4 Å². The quantitative estimate of drug-likeness (QED) is 0.629. The van der Waals surface area contributed by atoms with Crippen LogP contribution >= 0.6 is 0 Å². The number of rotatable bonds is 8. The van der Waals surface area contributed by atoms with Gasteiger partial charge in [0.1, 0.15) is 0 Å². The summed E-state index contributed by atoms with van der Waals surface area (Å²) in [7, 11) is 0. The third-order valence-electron chi connectivity index (χ3n) is 3.74. The zero-order valence-electron chi connectivity index (χ0n) is 13.9. The lowest BCUT2D eigenvalue weighted by Gasteiger charge is -2.13. The first-order valence-electron chi connectivity index (χ1n) is 7.88. The molecule has 0 aromatic heterocycles. The minimum Gasteiger partial charge on any atom is -0.481 e. The van der Waals surface area contributed by atoms with E-state index in [2.05, 4.69) is 0 Å². The molecule has 0 atom stereocenters. The predicted octanol–water partition coefficient (Wildman–Crippen LogP) is 2.74. The van der Waals surface area contributed by atoms with Crippen LogP contribution in [0.25, 0.3) is 12.2 Å². The zero-order chi connectivity index (χ0) is 19.1. The van der Waals surface area contributed by atoms with Crippen molar-refractivity contribution in [2.24, 2.45) is 0 Å².